The number of nitrogens with one attached hydrogen (secondary N) is 1. The molecule has 1 atom stereocenters. The fourth-order valence-electron chi connectivity index (χ4n) is 3.13. The van der Waals surface area contributed by atoms with Crippen molar-refractivity contribution in [2.75, 3.05) is 13.2 Å². The van der Waals surface area contributed by atoms with Gasteiger partial charge >= 0.3 is 0 Å². The zero-order valence-corrected chi connectivity index (χ0v) is 14.7. The number of imidazole rings is 1. The number of nitrogens with zero attached hydrogens (tertiary/aromatic N) is 4. The van der Waals surface area contributed by atoms with Crippen LogP contribution < -0.4 is 5.32 Å². The summed E-state index contributed by atoms with van der Waals surface area (Å²) in [6, 6.07) is 5.69. The number of carbonyl (C=O) groups excluding carboxylic acids is 1. The molecule has 7 heteroatoms. The lowest BCUT2D eigenvalue weighted by Crippen LogP contribution is -2.24. The number of fused-ring (bicyclic) bond motifs is 1. The Balaban J connectivity index is 1.43. The number of carbonyl (C=O) groups is 1. The average Bonchev–Trinajstić information content (AvgIpc) is 3.10. The van der Waals surface area contributed by atoms with Crippen molar-refractivity contribution in [1.82, 2.24) is 24.7 Å². The lowest BCUT2D eigenvalue weighted by Gasteiger charge is -2.20. The van der Waals surface area contributed by atoms with Crippen molar-refractivity contribution in [3.63, 3.8) is 0 Å². The van der Waals surface area contributed by atoms with Gasteiger partial charge in [0, 0.05) is 31.1 Å². The molecule has 4 rings (SSSR count). The topological polar surface area (TPSA) is 81.4 Å². The second kappa shape index (κ2) is 7.21. The second-order valence-electron chi connectivity index (χ2n) is 6.60. The molecule has 1 unspecified atom stereocenters. The maximum atomic E-state index is 12.4. The van der Waals surface area contributed by atoms with Crippen LogP contribution in [0.3, 0.4) is 0 Å². The highest BCUT2D eigenvalue weighted by atomic mass is 16.5. The number of aryl methyl sites for hydroxylation is 1. The van der Waals surface area contributed by atoms with Crippen LogP contribution in [0.4, 0.5) is 0 Å². The van der Waals surface area contributed by atoms with Crippen LogP contribution in [0.5, 0.6) is 0 Å². The van der Waals surface area contributed by atoms with E-state index >= 15 is 0 Å². The number of hydrogen-bond acceptors (Lipinski definition) is 5. The fourth-order valence-corrected chi connectivity index (χ4v) is 3.13. The molecule has 0 bridgehead atoms. The Bertz CT molecular complexity index is 931. The highest BCUT2D eigenvalue weighted by Gasteiger charge is 2.19. The van der Waals surface area contributed by atoms with Gasteiger partial charge in [0.05, 0.1) is 18.8 Å². The first kappa shape index (κ1) is 16.7. The number of aromatic nitrogens is 4. The standard InChI is InChI=1S/C19H21N5O2/c1-13-4-5-17-23-16(11-24(17)10-13)19(25)21-9-15-6-7-20-18(22-15)14-3-2-8-26-12-14/h4-7,10-11,14H,2-3,8-9,12H2,1H3,(H,21,25). The average molecular weight is 351 g/mol. The van der Waals surface area contributed by atoms with Crippen LogP contribution in [0.25, 0.3) is 5.65 Å². The van der Waals surface area contributed by atoms with E-state index < -0.39 is 0 Å². The van der Waals surface area contributed by atoms with E-state index in [1.165, 1.54) is 0 Å². The van der Waals surface area contributed by atoms with Crippen LogP contribution in [0, 0.1) is 6.92 Å². The molecule has 0 spiro atoms. The maximum absolute atomic E-state index is 12.4. The lowest BCUT2D eigenvalue weighted by atomic mass is 10.0. The first-order valence-corrected chi connectivity index (χ1v) is 8.82. The van der Waals surface area contributed by atoms with Crippen molar-refractivity contribution in [3.8, 4) is 0 Å². The fraction of sp³-hybridized carbons (Fsp3) is 0.368. The number of rotatable bonds is 4. The zero-order chi connectivity index (χ0) is 17.9. The summed E-state index contributed by atoms with van der Waals surface area (Å²) in [6.07, 6.45) is 7.50. The Morgan fingerprint density at radius 1 is 1.31 bits per heavy atom. The Hall–Kier alpha value is -2.80. The maximum Gasteiger partial charge on any atom is 0.271 e. The molecule has 7 nitrogen and oxygen atoms in total. The first-order chi connectivity index (χ1) is 12.7. The largest absolute Gasteiger partial charge is 0.381 e. The molecule has 4 heterocycles. The van der Waals surface area contributed by atoms with Crippen LogP contribution in [0.2, 0.25) is 0 Å². The van der Waals surface area contributed by atoms with Gasteiger partial charge < -0.3 is 14.5 Å². The Kier molecular flexibility index (Phi) is 4.62. The third kappa shape index (κ3) is 3.57. The monoisotopic (exact) mass is 351 g/mol. The molecule has 3 aromatic heterocycles. The van der Waals surface area contributed by atoms with Gasteiger partial charge in [-0.1, -0.05) is 6.07 Å². The van der Waals surface area contributed by atoms with Crippen LogP contribution in [0.15, 0.2) is 36.8 Å². The minimum Gasteiger partial charge on any atom is -0.381 e. The summed E-state index contributed by atoms with van der Waals surface area (Å²) in [6.45, 7) is 3.82. The highest BCUT2D eigenvalue weighted by Crippen LogP contribution is 2.22. The van der Waals surface area contributed by atoms with Crippen molar-refractivity contribution in [1.29, 1.82) is 0 Å². The molecule has 0 radical (unpaired) electrons. The molecule has 134 valence electrons. The first-order valence-electron chi connectivity index (χ1n) is 8.82. The summed E-state index contributed by atoms with van der Waals surface area (Å²) >= 11 is 0. The van der Waals surface area contributed by atoms with Crippen molar-refractivity contribution in [2.24, 2.45) is 0 Å². The van der Waals surface area contributed by atoms with Gasteiger partial charge in [0.2, 0.25) is 0 Å². The van der Waals surface area contributed by atoms with Crippen LogP contribution >= 0.6 is 0 Å². The third-order valence-electron chi connectivity index (χ3n) is 4.52. The van der Waals surface area contributed by atoms with E-state index in [0.717, 1.165) is 42.2 Å². The van der Waals surface area contributed by atoms with E-state index in [-0.39, 0.29) is 11.8 Å². The van der Waals surface area contributed by atoms with E-state index in [1.807, 2.05) is 35.7 Å². The van der Waals surface area contributed by atoms with Crippen molar-refractivity contribution >= 4 is 11.6 Å². The molecule has 0 saturated carbocycles. The van der Waals surface area contributed by atoms with E-state index in [1.54, 1.807) is 12.4 Å². The van der Waals surface area contributed by atoms with Crippen LogP contribution in [0.1, 0.15) is 46.3 Å². The van der Waals surface area contributed by atoms with Gasteiger partial charge in [-0.05, 0) is 37.5 Å². The molecular weight excluding hydrogens is 330 g/mol. The smallest absolute Gasteiger partial charge is 0.271 e. The van der Waals surface area contributed by atoms with Gasteiger partial charge in [-0.2, -0.15) is 0 Å². The number of pyridine rings is 1. The molecule has 0 aliphatic carbocycles. The van der Waals surface area contributed by atoms with Gasteiger partial charge in [-0.3, -0.25) is 4.79 Å². The van der Waals surface area contributed by atoms with Crippen molar-refractivity contribution < 1.29 is 9.53 Å². The quantitative estimate of drug-likeness (QED) is 0.780. The highest BCUT2D eigenvalue weighted by molar-refractivity contribution is 5.92. The summed E-state index contributed by atoms with van der Waals surface area (Å²) in [5.41, 5.74) is 3.04. The van der Waals surface area contributed by atoms with Crippen LogP contribution in [-0.4, -0.2) is 38.5 Å². The third-order valence-corrected chi connectivity index (χ3v) is 4.52. The summed E-state index contributed by atoms with van der Waals surface area (Å²) in [5.74, 6) is 0.813. The van der Waals surface area contributed by atoms with E-state index in [2.05, 4.69) is 20.3 Å². The Morgan fingerprint density at radius 3 is 3.08 bits per heavy atom. The Labute approximate surface area is 151 Å². The summed E-state index contributed by atoms with van der Waals surface area (Å²) in [7, 11) is 0. The summed E-state index contributed by atoms with van der Waals surface area (Å²) in [5, 5.41) is 2.88. The van der Waals surface area contributed by atoms with Gasteiger partial charge in [-0.25, -0.2) is 15.0 Å². The minimum atomic E-state index is -0.215. The Morgan fingerprint density at radius 2 is 2.23 bits per heavy atom. The van der Waals surface area contributed by atoms with Crippen molar-refractivity contribution in [2.45, 2.75) is 32.2 Å². The predicted octanol–water partition coefficient (Wildman–Crippen LogP) is 2.26. The van der Waals surface area contributed by atoms with Gasteiger partial charge in [0.1, 0.15) is 17.2 Å². The number of hydrogen-bond donors (Lipinski definition) is 1. The second-order valence-corrected chi connectivity index (χ2v) is 6.60. The van der Waals surface area contributed by atoms with E-state index in [9.17, 15) is 4.79 Å². The lowest BCUT2D eigenvalue weighted by molar-refractivity contribution is 0.0779. The van der Waals surface area contributed by atoms with Gasteiger partial charge in [0.15, 0.2) is 0 Å². The van der Waals surface area contributed by atoms with E-state index in [0.29, 0.717) is 18.8 Å². The SMILES string of the molecule is Cc1ccc2nc(C(=O)NCc3ccnc(C4CCCOC4)n3)cn2c1. The molecule has 1 aliphatic rings. The molecular formula is C19H21N5O2. The molecule has 1 N–H and O–H groups in total. The van der Waals surface area contributed by atoms with Gasteiger partial charge in [0.25, 0.3) is 5.91 Å². The normalized spacial score (nSPS) is 17.3. The van der Waals surface area contributed by atoms with E-state index in [4.69, 9.17) is 4.74 Å². The number of ether oxygens (including phenoxy) is 1. The molecule has 1 fully saturated rings. The predicted molar refractivity (Wildman–Crippen MR) is 95.9 cm³/mol. The molecule has 3 aromatic rings. The van der Waals surface area contributed by atoms with Crippen LogP contribution in [-0.2, 0) is 11.3 Å². The molecule has 0 aromatic carbocycles. The molecule has 1 aliphatic heterocycles. The van der Waals surface area contributed by atoms with Crippen molar-refractivity contribution in [3.05, 3.63) is 59.6 Å². The molecule has 1 amide bonds. The summed E-state index contributed by atoms with van der Waals surface area (Å²) < 4.78 is 7.37. The molecule has 1 saturated heterocycles. The summed E-state index contributed by atoms with van der Waals surface area (Å²) in [4.78, 5) is 25.7. The van der Waals surface area contributed by atoms with Gasteiger partial charge in [-0.15, -0.1) is 0 Å². The number of amides is 1. The zero-order valence-electron chi connectivity index (χ0n) is 14.7. The minimum absolute atomic E-state index is 0.215. The molecule has 26 heavy (non-hydrogen) atoms.